The average Bonchev–Trinajstić information content (AvgIpc) is 4.04. The van der Waals surface area contributed by atoms with Crippen LogP contribution in [0, 0.1) is 11.8 Å². The molecule has 0 aromatic heterocycles. The molecule has 8 nitrogen and oxygen atoms in total. The maximum Gasteiger partial charge on any atom is 0.416 e. The molecule has 4 aromatic rings. The number of benzene rings is 4. The number of nitrogens with zero attached hydrogens (tertiary/aromatic N) is 2. The average molecular weight is 643 g/mol. The Bertz CT molecular complexity index is 1620. The minimum atomic E-state index is -0.500. The van der Waals surface area contributed by atoms with Gasteiger partial charge in [-0.05, 0) is 59.8 Å². The van der Waals surface area contributed by atoms with Crippen molar-refractivity contribution >= 4 is 24.0 Å². The van der Waals surface area contributed by atoms with Gasteiger partial charge in [-0.1, -0.05) is 121 Å². The van der Waals surface area contributed by atoms with Gasteiger partial charge in [-0.15, -0.1) is 0 Å². The van der Waals surface area contributed by atoms with Crippen molar-refractivity contribution in [1.29, 1.82) is 0 Å². The molecule has 4 aliphatic rings. The number of carbonyl (C=O) groups is 4. The van der Waals surface area contributed by atoms with Gasteiger partial charge in [0, 0.05) is 11.8 Å². The molecule has 0 bridgehead atoms. The zero-order chi connectivity index (χ0) is 33.0. The smallest absolute Gasteiger partial charge is 0.416 e. The van der Waals surface area contributed by atoms with Crippen molar-refractivity contribution in [2.45, 2.75) is 49.6 Å². The minimum absolute atomic E-state index is 0.0905. The summed E-state index contributed by atoms with van der Waals surface area (Å²) in [5, 5.41) is 0. The van der Waals surface area contributed by atoms with E-state index < -0.39 is 12.2 Å². The molecule has 0 N–H and O–H groups in total. The third-order valence-corrected chi connectivity index (χ3v) is 9.70. The van der Waals surface area contributed by atoms with Gasteiger partial charge in [0.2, 0.25) is 11.8 Å². The van der Waals surface area contributed by atoms with E-state index in [1.54, 1.807) is 0 Å². The molecule has 6 atom stereocenters. The van der Waals surface area contributed by atoms with E-state index >= 15 is 0 Å². The summed E-state index contributed by atoms with van der Waals surface area (Å²) in [4.78, 5) is 52.5. The van der Waals surface area contributed by atoms with E-state index in [9.17, 15) is 19.2 Å². The van der Waals surface area contributed by atoms with Crippen LogP contribution in [0.3, 0.4) is 0 Å². The Morgan fingerprint density at radius 3 is 1.21 bits per heavy atom. The zero-order valence-corrected chi connectivity index (χ0v) is 26.6. The van der Waals surface area contributed by atoms with Gasteiger partial charge in [-0.3, -0.25) is 9.59 Å². The van der Waals surface area contributed by atoms with Crippen LogP contribution >= 0.6 is 0 Å². The van der Waals surface area contributed by atoms with Gasteiger partial charge in [0.05, 0.1) is 12.1 Å². The third kappa shape index (κ3) is 6.88. The Labute approximate surface area is 280 Å². The first-order chi connectivity index (χ1) is 23.5. The van der Waals surface area contributed by atoms with E-state index in [4.69, 9.17) is 9.47 Å². The van der Waals surface area contributed by atoms with Gasteiger partial charge < -0.3 is 9.47 Å². The van der Waals surface area contributed by atoms with Gasteiger partial charge >= 0.3 is 12.2 Å². The lowest BCUT2D eigenvalue weighted by molar-refractivity contribution is -0.131. The Morgan fingerprint density at radius 2 is 0.854 bits per heavy atom. The summed E-state index contributed by atoms with van der Waals surface area (Å²) in [5.74, 6) is 0.0705. The molecule has 4 aromatic carbocycles. The second-order valence-electron chi connectivity index (χ2n) is 13.0. The van der Waals surface area contributed by atoms with Gasteiger partial charge in [0.15, 0.2) is 0 Å². The highest BCUT2D eigenvalue weighted by atomic mass is 16.6. The summed E-state index contributed by atoms with van der Waals surface area (Å²) in [6.45, 7) is 0.560. The number of imide groups is 2. The molecule has 2 saturated heterocycles. The molecule has 4 amide bonds. The van der Waals surface area contributed by atoms with Crippen molar-refractivity contribution in [1.82, 2.24) is 9.80 Å². The molecule has 48 heavy (non-hydrogen) atoms. The van der Waals surface area contributed by atoms with Crippen molar-refractivity contribution in [3.05, 3.63) is 144 Å². The quantitative estimate of drug-likeness (QED) is 0.211. The number of carbonyl (C=O) groups excluding carboxylic acids is 4. The monoisotopic (exact) mass is 642 g/mol. The van der Waals surface area contributed by atoms with Crippen molar-refractivity contribution in [2.75, 3.05) is 13.2 Å². The molecule has 4 fully saturated rings. The number of hydrogen-bond acceptors (Lipinski definition) is 6. The number of hydrogen-bond donors (Lipinski definition) is 0. The van der Waals surface area contributed by atoms with Gasteiger partial charge in [-0.25, -0.2) is 19.4 Å². The Kier molecular flexibility index (Phi) is 9.05. The Hall–Kier alpha value is -5.24. The van der Waals surface area contributed by atoms with Crippen molar-refractivity contribution in [2.24, 2.45) is 11.8 Å². The number of cyclic esters (lactones) is 2. The van der Waals surface area contributed by atoms with Crippen LogP contribution in [0.5, 0.6) is 0 Å². The van der Waals surface area contributed by atoms with Crippen LogP contribution in [0.1, 0.15) is 46.9 Å². The molecule has 0 unspecified atom stereocenters. The van der Waals surface area contributed by atoms with Crippen LogP contribution in [-0.4, -0.2) is 59.1 Å². The predicted octanol–water partition coefficient (Wildman–Crippen LogP) is 6.76. The van der Waals surface area contributed by atoms with Gasteiger partial charge in [0.25, 0.3) is 0 Å². The maximum atomic E-state index is 12.8. The van der Waals surface area contributed by atoms with Crippen LogP contribution < -0.4 is 0 Å². The molecular weight excluding hydrogens is 604 g/mol. The Balaban J connectivity index is 0.000000152. The van der Waals surface area contributed by atoms with E-state index in [1.807, 2.05) is 121 Å². The summed E-state index contributed by atoms with van der Waals surface area (Å²) < 4.78 is 10.3. The summed E-state index contributed by atoms with van der Waals surface area (Å²) in [6.07, 6.45) is 1.90. The molecule has 2 saturated carbocycles. The standard InChI is InChI=1S/2C20H19NO3/c2*22-19(18-12-17(18)15-9-5-2-6-10-15)21-16(13-24-20(21)23)11-14-7-3-1-4-8-14/h2*1-10,16-18H,11-13H2/t16-,17+,18-;16-,17-,18+/m00/s1. The second kappa shape index (κ2) is 13.9. The summed E-state index contributed by atoms with van der Waals surface area (Å²) in [6, 6.07) is 39.4. The predicted molar refractivity (Wildman–Crippen MR) is 179 cm³/mol. The number of amides is 4. The highest BCUT2D eigenvalue weighted by Crippen LogP contribution is 2.50. The first-order valence-corrected chi connectivity index (χ1v) is 16.7. The normalized spacial score (nSPS) is 25.4. The fourth-order valence-corrected chi connectivity index (χ4v) is 6.96. The first-order valence-electron chi connectivity index (χ1n) is 16.7. The van der Waals surface area contributed by atoms with E-state index in [-0.39, 0.29) is 60.8 Å². The SMILES string of the molecule is O=C1OC[C@H](Cc2ccccc2)N1C(=O)[C@@H]1C[C@H]1c1ccccc1.O=C1OC[C@H](Cc2ccccc2)N1C(=O)[C@H]1C[C@@H]1c1ccccc1. The van der Waals surface area contributed by atoms with Crippen molar-refractivity contribution < 1.29 is 28.7 Å². The molecule has 2 aliphatic carbocycles. The second-order valence-corrected chi connectivity index (χ2v) is 13.0. The fourth-order valence-electron chi connectivity index (χ4n) is 6.96. The van der Waals surface area contributed by atoms with Crippen molar-refractivity contribution in [3.63, 3.8) is 0 Å². The van der Waals surface area contributed by atoms with E-state index in [0.717, 1.165) is 24.0 Å². The van der Waals surface area contributed by atoms with Gasteiger partial charge in [-0.2, -0.15) is 0 Å². The number of ether oxygens (including phenoxy) is 2. The highest BCUT2D eigenvalue weighted by Gasteiger charge is 2.51. The first kappa shape index (κ1) is 31.4. The van der Waals surface area contributed by atoms with Crippen LogP contribution in [0.15, 0.2) is 121 Å². The summed E-state index contributed by atoms with van der Waals surface area (Å²) >= 11 is 0. The minimum Gasteiger partial charge on any atom is -0.447 e. The van der Waals surface area contributed by atoms with Crippen LogP contribution in [-0.2, 0) is 31.9 Å². The van der Waals surface area contributed by atoms with Crippen LogP contribution in [0.2, 0.25) is 0 Å². The maximum absolute atomic E-state index is 12.8. The van der Waals surface area contributed by atoms with Crippen LogP contribution in [0.25, 0.3) is 0 Å². The largest absolute Gasteiger partial charge is 0.447 e. The molecule has 8 heteroatoms. The lowest BCUT2D eigenvalue weighted by Crippen LogP contribution is -2.41. The summed E-state index contributed by atoms with van der Waals surface area (Å²) in [5.41, 5.74) is 4.55. The highest BCUT2D eigenvalue weighted by molar-refractivity contribution is 5.97. The molecule has 244 valence electrons. The zero-order valence-electron chi connectivity index (χ0n) is 26.6. The fraction of sp³-hybridized carbons (Fsp3) is 0.300. The van der Waals surface area contributed by atoms with Crippen molar-refractivity contribution in [3.8, 4) is 0 Å². The van der Waals surface area contributed by atoms with E-state index in [0.29, 0.717) is 12.8 Å². The topological polar surface area (TPSA) is 93.2 Å². The molecule has 8 rings (SSSR count). The van der Waals surface area contributed by atoms with E-state index in [2.05, 4.69) is 0 Å². The molecule has 2 heterocycles. The number of rotatable bonds is 8. The lowest BCUT2D eigenvalue weighted by atomic mass is 10.0. The Morgan fingerprint density at radius 1 is 0.521 bits per heavy atom. The lowest BCUT2D eigenvalue weighted by Gasteiger charge is -2.19. The molecule has 0 spiro atoms. The third-order valence-electron chi connectivity index (χ3n) is 9.70. The summed E-state index contributed by atoms with van der Waals surface area (Å²) in [7, 11) is 0. The molecule has 2 aliphatic heterocycles. The van der Waals surface area contributed by atoms with Crippen LogP contribution in [0.4, 0.5) is 9.59 Å². The van der Waals surface area contributed by atoms with E-state index in [1.165, 1.54) is 20.9 Å². The molecular formula is C40H38N2O6. The van der Waals surface area contributed by atoms with Gasteiger partial charge in [0.1, 0.15) is 13.2 Å². The molecule has 0 radical (unpaired) electrons.